The van der Waals surface area contributed by atoms with E-state index in [4.69, 9.17) is 0 Å². The Morgan fingerprint density at radius 3 is 2.35 bits per heavy atom. The maximum absolute atomic E-state index is 4.35. The van der Waals surface area contributed by atoms with Crippen LogP contribution in [0, 0.1) is 0 Å². The van der Waals surface area contributed by atoms with E-state index in [2.05, 4.69) is 82.3 Å². The van der Waals surface area contributed by atoms with E-state index in [1.165, 1.54) is 11.1 Å². The van der Waals surface area contributed by atoms with E-state index in [-0.39, 0.29) is 11.0 Å². The van der Waals surface area contributed by atoms with Gasteiger partial charge in [-0.2, -0.15) is 0 Å². The van der Waals surface area contributed by atoms with Gasteiger partial charge in [0.15, 0.2) is 0 Å². The van der Waals surface area contributed by atoms with Crippen LogP contribution in [0.1, 0.15) is 58.4 Å². The molecule has 0 aliphatic heterocycles. The molecule has 1 aromatic carbocycles. The molecule has 0 radical (unpaired) electrons. The summed E-state index contributed by atoms with van der Waals surface area (Å²) in [6, 6.07) is 8.72. The van der Waals surface area contributed by atoms with E-state index < -0.39 is 0 Å². The summed E-state index contributed by atoms with van der Waals surface area (Å²) in [4.78, 5) is 0. The van der Waals surface area contributed by atoms with Crippen LogP contribution in [0.25, 0.3) is 0 Å². The molecule has 0 spiro atoms. The molecule has 0 aliphatic carbocycles. The van der Waals surface area contributed by atoms with Crippen molar-refractivity contribution in [3.8, 4) is 0 Å². The van der Waals surface area contributed by atoms with Gasteiger partial charge >= 0.3 is 0 Å². The second kappa shape index (κ2) is 5.04. The molecule has 0 unspecified atom stereocenters. The lowest BCUT2D eigenvalue weighted by molar-refractivity contribution is 0.380. The lowest BCUT2D eigenvalue weighted by Crippen LogP contribution is -2.28. The topological polar surface area (TPSA) is 30.7 Å². The van der Waals surface area contributed by atoms with E-state index in [0.717, 1.165) is 12.1 Å². The fraction of sp³-hybridized carbons (Fsp3) is 0.529. The summed E-state index contributed by atoms with van der Waals surface area (Å²) in [5.74, 6) is 0. The third kappa shape index (κ3) is 2.77. The molecule has 2 aromatic rings. The number of rotatable bonds is 3. The molecule has 0 saturated carbocycles. The quantitative estimate of drug-likeness (QED) is 0.847. The molecule has 20 heavy (non-hydrogen) atoms. The molecule has 2 rings (SSSR count). The summed E-state index contributed by atoms with van der Waals surface area (Å²) in [5.41, 5.74) is 3.48. The molecular formula is C17H25N3. The molecule has 108 valence electrons. The maximum Gasteiger partial charge on any atom is 0.0880 e. The predicted molar refractivity (Wildman–Crippen MR) is 83.0 cm³/mol. The fourth-order valence-corrected chi connectivity index (χ4v) is 2.18. The molecule has 0 N–H and O–H groups in total. The summed E-state index contributed by atoms with van der Waals surface area (Å²) in [6.07, 6.45) is 3.12. The number of hydrogen-bond acceptors (Lipinski definition) is 2. The Balaban J connectivity index is 2.41. The SMILES string of the molecule is CCc1cccc(C(C)(C)n2cc(C(C)(C)C)nn2)c1. The molecule has 1 heterocycles. The number of hydrogen-bond donors (Lipinski definition) is 0. The average Bonchev–Trinajstić information content (AvgIpc) is 2.89. The minimum Gasteiger partial charge on any atom is -0.242 e. The Morgan fingerprint density at radius 2 is 1.80 bits per heavy atom. The molecule has 0 amide bonds. The summed E-state index contributed by atoms with van der Waals surface area (Å²) in [7, 11) is 0. The molecule has 3 nitrogen and oxygen atoms in total. The number of nitrogens with zero attached hydrogens (tertiary/aromatic N) is 3. The van der Waals surface area contributed by atoms with Gasteiger partial charge in [-0.1, -0.05) is 57.2 Å². The normalized spacial score (nSPS) is 12.7. The Kier molecular flexibility index (Phi) is 3.72. The molecule has 0 saturated heterocycles. The molecule has 0 bridgehead atoms. The Hall–Kier alpha value is -1.64. The first kappa shape index (κ1) is 14.8. The summed E-state index contributed by atoms with van der Waals surface area (Å²) >= 11 is 0. The Bertz CT molecular complexity index is 588. The van der Waals surface area contributed by atoms with Crippen molar-refractivity contribution in [2.45, 2.75) is 58.9 Å². The van der Waals surface area contributed by atoms with Gasteiger partial charge in [0.2, 0.25) is 0 Å². The van der Waals surface area contributed by atoms with Crippen LogP contribution < -0.4 is 0 Å². The smallest absolute Gasteiger partial charge is 0.0880 e. The fourth-order valence-electron chi connectivity index (χ4n) is 2.18. The maximum atomic E-state index is 4.35. The van der Waals surface area contributed by atoms with Gasteiger partial charge in [-0.25, -0.2) is 4.68 Å². The lowest BCUT2D eigenvalue weighted by atomic mass is 9.91. The van der Waals surface area contributed by atoms with Crippen molar-refractivity contribution in [1.82, 2.24) is 15.0 Å². The van der Waals surface area contributed by atoms with Crippen LogP contribution in [0.2, 0.25) is 0 Å². The molecule has 0 atom stereocenters. The Labute approximate surface area is 122 Å². The zero-order valence-corrected chi connectivity index (χ0v) is 13.4. The van der Waals surface area contributed by atoms with E-state index in [1.54, 1.807) is 0 Å². The summed E-state index contributed by atoms with van der Waals surface area (Å²) in [5, 5.41) is 8.69. The standard InChI is InChI=1S/C17H25N3/c1-7-13-9-8-10-14(11-13)17(5,6)20-12-15(18-19-20)16(2,3)4/h8-12H,7H2,1-6H3. The monoisotopic (exact) mass is 271 g/mol. The highest BCUT2D eigenvalue weighted by Crippen LogP contribution is 2.27. The van der Waals surface area contributed by atoms with Gasteiger partial charge in [-0.15, -0.1) is 5.10 Å². The summed E-state index contributed by atoms with van der Waals surface area (Å²) < 4.78 is 1.97. The van der Waals surface area contributed by atoms with Crippen LogP contribution in [0.4, 0.5) is 0 Å². The van der Waals surface area contributed by atoms with Crippen LogP contribution >= 0.6 is 0 Å². The highest BCUT2D eigenvalue weighted by Gasteiger charge is 2.27. The average molecular weight is 271 g/mol. The summed E-state index contributed by atoms with van der Waals surface area (Å²) in [6.45, 7) is 13.0. The van der Waals surface area contributed by atoms with Gasteiger partial charge in [-0.05, 0) is 31.4 Å². The second-order valence-electron chi connectivity index (χ2n) is 6.91. The van der Waals surface area contributed by atoms with Crippen molar-refractivity contribution >= 4 is 0 Å². The molecule has 1 aromatic heterocycles. The van der Waals surface area contributed by atoms with E-state index in [9.17, 15) is 0 Å². The predicted octanol–water partition coefficient (Wildman–Crippen LogP) is 3.92. The molecule has 0 aliphatic rings. The van der Waals surface area contributed by atoms with Crippen LogP contribution in [0.15, 0.2) is 30.5 Å². The van der Waals surface area contributed by atoms with Crippen molar-refractivity contribution < 1.29 is 0 Å². The van der Waals surface area contributed by atoms with Crippen LogP contribution in [-0.4, -0.2) is 15.0 Å². The van der Waals surface area contributed by atoms with Gasteiger partial charge in [0.1, 0.15) is 0 Å². The third-order valence-corrected chi connectivity index (χ3v) is 3.88. The minimum atomic E-state index is -0.193. The first-order valence-electron chi connectivity index (χ1n) is 7.28. The molecular weight excluding hydrogens is 246 g/mol. The second-order valence-corrected chi connectivity index (χ2v) is 6.91. The van der Waals surface area contributed by atoms with E-state index >= 15 is 0 Å². The number of aryl methyl sites for hydroxylation is 1. The zero-order valence-electron chi connectivity index (χ0n) is 13.4. The highest BCUT2D eigenvalue weighted by molar-refractivity contribution is 5.29. The molecule has 3 heteroatoms. The minimum absolute atomic E-state index is 0.0274. The van der Waals surface area contributed by atoms with Gasteiger partial charge in [0.25, 0.3) is 0 Å². The van der Waals surface area contributed by atoms with E-state index in [0.29, 0.717) is 0 Å². The first-order valence-corrected chi connectivity index (χ1v) is 7.28. The third-order valence-electron chi connectivity index (χ3n) is 3.88. The van der Waals surface area contributed by atoms with Crippen LogP contribution in [0.5, 0.6) is 0 Å². The van der Waals surface area contributed by atoms with Gasteiger partial charge < -0.3 is 0 Å². The van der Waals surface area contributed by atoms with Crippen LogP contribution in [0.3, 0.4) is 0 Å². The first-order chi connectivity index (χ1) is 9.25. The van der Waals surface area contributed by atoms with Crippen molar-refractivity contribution in [3.63, 3.8) is 0 Å². The number of benzene rings is 1. The van der Waals surface area contributed by atoms with Gasteiger partial charge in [0.05, 0.1) is 11.2 Å². The van der Waals surface area contributed by atoms with Crippen molar-refractivity contribution in [1.29, 1.82) is 0 Å². The van der Waals surface area contributed by atoms with Crippen molar-refractivity contribution in [3.05, 3.63) is 47.3 Å². The van der Waals surface area contributed by atoms with E-state index in [1.807, 2.05) is 4.68 Å². The highest BCUT2D eigenvalue weighted by atomic mass is 15.4. The number of aromatic nitrogens is 3. The van der Waals surface area contributed by atoms with Crippen LogP contribution in [-0.2, 0) is 17.4 Å². The zero-order chi connectivity index (χ0) is 15.0. The lowest BCUT2D eigenvalue weighted by Gasteiger charge is -2.26. The van der Waals surface area contributed by atoms with Gasteiger partial charge in [-0.3, -0.25) is 0 Å². The molecule has 0 fully saturated rings. The van der Waals surface area contributed by atoms with Gasteiger partial charge in [0, 0.05) is 11.6 Å². The van der Waals surface area contributed by atoms with Crippen molar-refractivity contribution in [2.24, 2.45) is 0 Å². The largest absolute Gasteiger partial charge is 0.242 e. The Morgan fingerprint density at radius 1 is 1.10 bits per heavy atom. The van der Waals surface area contributed by atoms with Crippen molar-refractivity contribution in [2.75, 3.05) is 0 Å².